The van der Waals surface area contributed by atoms with Gasteiger partial charge in [-0.2, -0.15) is 13.2 Å². The molecule has 1 amide bonds. The summed E-state index contributed by atoms with van der Waals surface area (Å²) >= 11 is 0. The maximum Gasteiger partial charge on any atom is 0.456 e. The SMILES string of the molecule is O=C(Cn1cc(C(=O)C(F)(F)F)nn1)Nc1ncccn1. The third-order valence-corrected chi connectivity index (χ3v) is 2.15. The van der Waals surface area contributed by atoms with Gasteiger partial charge in [0, 0.05) is 12.4 Å². The normalized spacial score (nSPS) is 11.2. The number of amides is 1. The zero-order valence-corrected chi connectivity index (χ0v) is 10.2. The van der Waals surface area contributed by atoms with E-state index in [4.69, 9.17) is 0 Å². The third-order valence-electron chi connectivity index (χ3n) is 2.15. The molecule has 2 aromatic heterocycles. The van der Waals surface area contributed by atoms with E-state index >= 15 is 0 Å². The van der Waals surface area contributed by atoms with Gasteiger partial charge in [-0.25, -0.2) is 14.6 Å². The van der Waals surface area contributed by atoms with Crippen LogP contribution in [0.5, 0.6) is 0 Å². The van der Waals surface area contributed by atoms with Gasteiger partial charge in [-0.1, -0.05) is 5.21 Å². The van der Waals surface area contributed by atoms with Crippen molar-refractivity contribution < 1.29 is 22.8 Å². The monoisotopic (exact) mass is 300 g/mol. The van der Waals surface area contributed by atoms with Crippen LogP contribution in [0.3, 0.4) is 0 Å². The van der Waals surface area contributed by atoms with Gasteiger partial charge in [0.2, 0.25) is 11.9 Å². The molecule has 0 unspecified atom stereocenters. The van der Waals surface area contributed by atoms with Crippen molar-refractivity contribution in [3.63, 3.8) is 0 Å². The number of halogens is 3. The lowest BCUT2D eigenvalue weighted by atomic mass is 10.3. The molecular formula is C10H7F3N6O2. The van der Waals surface area contributed by atoms with Crippen molar-refractivity contribution in [2.24, 2.45) is 0 Å². The number of aromatic nitrogens is 5. The second-order valence-corrected chi connectivity index (χ2v) is 3.75. The van der Waals surface area contributed by atoms with E-state index in [-0.39, 0.29) is 5.95 Å². The molecule has 2 rings (SSSR count). The van der Waals surface area contributed by atoms with Crippen molar-refractivity contribution in [2.45, 2.75) is 12.7 Å². The lowest BCUT2D eigenvalue weighted by Gasteiger charge is -2.02. The van der Waals surface area contributed by atoms with Crippen molar-refractivity contribution in [1.29, 1.82) is 0 Å². The first-order valence-electron chi connectivity index (χ1n) is 5.45. The average Bonchev–Trinajstić information content (AvgIpc) is 2.86. The zero-order valence-electron chi connectivity index (χ0n) is 10.2. The summed E-state index contributed by atoms with van der Waals surface area (Å²) in [6.07, 6.45) is -1.50. The first-order valence-corrected chi connectivity index (χ1v) is 5.45. The van der Waals surface area contributed by atoms with E-state index in [1.807, 2.05) is 0 Å². The molecule has 21 heavy (non-hydrogen) atoms. The lowest BCUT2D eigenvalue weighted by molar-refractivity contribution is -0.117. The van der Waals surface area contributed by atoms with Crippen LogP contribution in [-0.4, -0.2) is 42.8 Å². The quantitative estimate of drug-likeness (QED) is 0.822. The van der Waals surface area contributed by atoms with Crippen molar-refractivity contribution >= 4 is 17.6 Å². The highest BCUT2D eigenvalue weighted by Gasteiger charge is 2.41. The van der Waals surface area contributed by atoms with Gasteiger partial charge in [0.05, 0.1) is 6.20 Å². The highest BCUT2D eigenvalue weighted by molar-refractivity contribution is 5.98. The fraction of sp³-hybridized carbons (Fsp3) is 0.200. The fourth-order valence-electron chi connectivity index (χ4n) is 1.30. The highest BCUT2D eigenvalue weighted by Crippen LogP contribution is 2.19. The summed E-state index contributed by atoms with van der Waals surface area (Å²) in [6.45, 7) is -0.434. The van der Waals surface area contributed by atoms with E-state index in [0.29, 0.717) is 0 Å². The smallest absolute Gasteiger partial charge is 0.293 e. The topological polar surface area (TPSA) is 103 Å². The van der Waals surface area contributed by atoms with Crippen LogP contribution < -0.4 is 5.32 Å². The van der Waals surface area contributed by atoms with Crippen LogP contribution in [0.2, 0.25) is 0 Å². The van der Waals surface area contributed by atoms with Gasteiger partial charge in [0.1, 0.15) is 6.54 Å². The summed E-state index contributed by atoms with van der Waals surface area (Å²) in [5.74, 6) is -2.72. The first kappa shape index (κ1) is 14.6. The number of hydrogen-bond donors (Lipinski definition) is 1. The molecule has 8 nitrogen and oxygen atoms in total. The molecule has 2 aromatic rings. The molecule has 110 valence electrons. The average molecular weight is 300 g/mol. The predicted molar refractivity (Wildman–Crippen MR) is 61.1 cm³/mol. The standard InChI is InChI=1S/C10H7F3N6O2/c11-10(12,13)8(21)6-4-19(18-17-6)5-7(20)16-9-14-2-1-3-15-9/h1-4H,5H2,(H,14,15,16,20). The molecule has 0 fully saturated rings. The van der Waals surface area contributed by atoms with Gasteiger partial charge in [-0.05, 0) is 6.07 Å². The summed E-state index contributed by atoms with van der Waals surface area (Å²) in [5, 5.41) is 8.65. The van der Waals surface area contributed by atoms with Gasteiger partial charge in [-0.3, -0.25) is 14.9 Å². The Balaban J connectivity index is 2.00. The molecule has 0 aliphatic carbocycles. The fourth-order valence-corrected chi connectivity index (χ4v) is 1.30. The van der Waals surface area contributed by atoms with E-state index in [2.05, 4.69) is 25.6 Å². The number of anilines is 1. The first-order chi connectivity index (χ1) is 9.86. The Labute approximate surface area is 115 Å². The predicted octanol–water partition coefficient (Wildman–Crippen LogP) is 0.452. The van der Waals surface area contributed by atoms with E-state index in [9.17, 15) is 22.8 Å². The van der Waals surface area contributed by atoms with Crippen molar-refractivity contribution in [1.82, 2.24) is 25.0 Å². The summed E-state index contributed by atoms with van der Waals surface area (Å²) in [7, 11) is 0. The van der Waals surface area contributed by atoms with E-state index in [1.165, 1.54) is 12.4 Å². The van der Waals surface area contributed by atoms with Crippen LogP contribution in [0.1, 0.15) is 10.5 Å². The Hall–Kier alpha value is -2.85. The van der Waals surface area contributed by atoms with Crippen molar-refractivity contribution in [3.05, 3.63) is 30.4 Å². The minimum atomic E-state index is -5.04. The molecule has 2 heterocycles. The van der Waals surface area contributed by atoms with Crippen molar-refractivity contribution in [2.75, 3.05) is 5.32 Å². The molecule has 0 aliphatic rings. The summed E-state index contributed by atoms with van der Waals surface area (Å²) in [4.78, 5) is 29.9. The summed E-state index contributed by atoms with van der Waals surface area (Å²) in [5.41, 5.74) is -0.883. The van der Waals surface area contributed by atoms with Crippen LogP contribution in [0.15, 0.2) is 24.7 Å². The largest absolute Gasteiger partial charge is 0.456 e. The molecule has 11 heteroatoms. The molecule has 0 aromatic carbocycles. The van der Waals surface area contributed by atoms with Gasteiger partial charge < -0.3 is 0 Å². The van der Waals surface area contributed by atoms with Gasteiger partial charge in [0.15, 0.2) is 5.69 Å². The number of alkyl halides is 3. The molecule has 0 atom stereocenters. The Kier molecular flexibility index (Phi) is 3.91. The number of Topliss-reactive ketones (excluding diaryl/α,β-unsaturated/α-hetero) is 1. The third kappa shape index (κ3) is 3.81. The van der Waals surface area contributed by atoms with Gasteiger partial charge in [0.25, 0.3) is 5.78 Å². The van der Waals surface area contributed by atoms with Gasteiger partial charge >= 0.3 is 6.18 Å². The van der Waals surface area contributed by atoms with Crippen LogP contribution in [-0.2, 0) is 11.3 Å². The van der Waals surface area contributed by atoms with Gasteiger partial charge in [-0.15, -0.1) is 5.10 Å². The van der Waals surface area contributed by atoms with Crippen LogP contribution in [0.4, 0.5) is 19.1 Å². The molecular weight excluding hydrogens is 293 g/mol. The second kappa shape index (κ2) is 5.64. The Morgan fingerprint density at radius 3 is 2.52 bits per heavy atom. The molecule has 1 N–H and O–H groups in total. The maximum atomic E-state index is 12.2. The lowest BCUT2D eigenvalue weighted by Crippen LogP contribution is -2.23. The van der Waals surface area contributed by atoms with Crippen LogP contribution in [0.25, 0.3) is 0 Å². The number of carbonyl (C=O) groups excluding carboxylic acids is 2. The Morgan fingerprint density at radius 1 is 1.24 bits per heavy atom. The minimum absolute atomic E-state index is 0.0363. The van der Waals surface area contributed by atoms with E-state index in [0.717, 1.165) is 10.9 Å². The molecule has 0 aliphatic heterocycles. The Bertz CT molecular complexity index is 654. The molecule has 0 saturated carbocycles. The number of ketones is 1. The Morgan fingerprint density at radius 2 is 1.90 bits per heavy atom. The zero-order chi connectivity index (χ0) is 15.5. The molecule has 0 saturated heterocycles. The van der Waals surface area contributed by atoms with Crippen molar-refractivity contribution in [3.8, 4) is 0 Å². The number of carbonyl (C=O) groups is 2. The van der Waals surface area contributed by atoms with Crippen LogP contribution >= 0.6 is 0 Å². The van der Waals surface area contributed by atoms with E-state index in [1.54, 1.807) is 6.07 Å². The molecule has 0 spiro atoms. The number of hydrogen-bond acceptors (Lipinski definition) is 6. The number of nitrogens with zero attached hydrogens (tertiary/aromatic N) is 5. The van der Waals surface area contributed by atoms with Crippen LogP contribution in [0, 0.1) is 0 Å². The number of rotatable bonds is 4. The maximum absolute atomic E-state index is 12.2. The van der Waals surface area contributed by atoms with E-state index < -0.39 is 30.1 Å². The minimum Gasteiger partial charge on any atom is -0.293 e. The second-order valence-electron chi connectivity index (χ2n) is 3.75. The number of nitrogens with one attached hydrogen (secondary N) is 1. The summed E-state index contributed by atoms with van der Waals surface area (Å²) < 4.78 is 37.3. The molecule has 0 bridgehead atoms. The summed E-state index contributed by atoms with van der Waals surface area (Å²) in [6, 6.07) is 1.54. The molecule has 0 radical (unpaired) electrons. The highest BCUT2D eigenvalue weighted by atomic mass is 19.4.